The predicted molar refractivity (Wildman–Crippen MR) is 68.3 cm³/mol. The van der Waals surface area contributed by atoms with Crippen LogP contribution in [-0.4, -0.2) is 19.0 Å². The summed E-state index contributed by atoms with van der Waals surface area (Å²) in [5.74, 6) is 1.55. The van der Waals surface area contributed by atoms with E-state index in [1.807, 2.05) is 12.1 Å². The van der Waals surface area contributed by atoms with Gasteiger partial charge in [0.15, 0.2) is 17.3 Å². The molecule has 0 saturated heterocycles. The second-order valence-corrected chi connectivity index (χ2v) is 4.66. The summed E-state index contributed by atoms with van der Waals surface area (Å²) < 4.78 is 11.0. The van der Waals surface area contributed by atoms with Gasteiger partial charge in [-0.3, -0.25) is 4.79 Å². The van der Waals surface area contributed by atoms with E-state index in [-0.39, 0.29) is 5.78 Å². The monoisotopic (exact) mass is 244 g/mol. The SMILES string of the molecule is O=C(C1=CCCCC1)c1ccc2c(c1)OCCO2. The number of benzene rings is 1. The molecule has 1 aliphatic carbocycles. The number of ketones is 1. The molecule has 2 aliphatic rings. The molecule has 0 amide bonds. The third-order valence-corrected chi connectivity index (χ3v) is 3.39. The maximum atomic E-state index is 12.3. The third-order valence-electron chi connectivity index (χ3n) is 3.39. The molecular weight excluding hydrogens is 228 g/mol. The lowest BCUT2D eigenvalue weighted by atomic mass is 9.93. The van der Waals surface area contributed by atoms with Crippen molar-refractivity contribution in [3.8, 4) is 11.5 Å². The molecule has 0 unspecified atom stereocenters. The lowest BCUT2D eigenvalue weighted by molar-refractivity contribution is 0.102. The van der Waals surface area contributed by atoms with Gasteiger partial charge in [0, 0.05) is 5.56 Å². The smallest absolute Gasteiger partial charge is 0.188 e. The molecule has 3 nitrogen and oxygen atoms in total. The minimum absolute atomic E-state index is 0.131. The van der Waals surface area contributed by atoms with Crippen molar-refractivity contribution in [3.63, 3.8) is 0 Å². The molecule has 3 rings (SSSR count). The molecule has 0 aromatic heterocycles. The highest BCUT2D eigenvalue weighted by atomic mass is 16.6. The second-order valence-electron chi connectivity index (χ2n) is 4.66. The van der Waals surface area contributed by atoms with Gasteiger partial charge in [-0.2, -0.15) is 0 Å². The van der Waals surface area contributed by atoms with Crippen LogP contribution in [0.15, 0.2) is 29.8 Å². The fourth-order valence-electron chi connectivity index (χ4n) is 2.41. The fraction of sp³-hybridized carbons (Fsp3) is 0.400. The van der Waals surface area contributed by atoms with Crippen LogP contribution in [0.1, 0.15) is 36.0 Å². The predicted octanol–water partition coefficient (Wildman–Crippen LogP) is 3.14. The van der Waals surface area contributed by atoms with Crippen LogP contribution >= 0.6 is 0 Å². The number of ether oxygens (including phenoxy) is 2. The highest BCUT2D eigenvalue weighted by molar-refractivity contribution is 6.09. The molecule has 0 radical (unpaired) electrons. The summed E-state index contributed by atoms with van der Waals surface area (Å²) in [5, 5.41) is 0. The van der Waals surface area contributed by atoms with Crippen LogP contribution in [-0.2, 0) is 0 Å². The molecule has 1 heterocycles. The molecule has 3 heteroatoms. The number of fused-ring (bicyclic) bond motifs is 1. The van der Waals surface area contributed by atoms with Crippen LogP contribution < -0.4 is 9.47 Å². The number of hydrogen-bond acceptors (Lipinski definition) is 3. The van der Waals surface area contributed by atoms with E-state index in [0.29, 0.717) is 24.5 Å². The highest BCUT2D eigenvalue weighted by Gasteiger charge is 2.18. The Balaban J connectivity index is 1.87. The Hall–Kier alpha value is -1.77. The van der Waals surface area contributed by atoms with Gasteiger partial charge < -0.3 is 9.47 Å². The Bertz CT molecular complexity index is 502. The first-order chi connectivity index (χ1) is 8.84. The van der Waals surface area contributed by atoms with Gasteiger partial charge in [0.2, 0.25) is 0 Å². The fourth-order valence-corrected chi connectivity index (χ4v) is 2.41. The summed E-state index contributed by atoms with van der Waals surface area (Å²) in [5.41, 5.74) is 1.64. The van der Waals surface area contributed by atoms with Crippen LogP contribution in [0.25, 0.3) is 0 Å². The van der Waals surface area contributed by atoms with Crippen molar-refractivity contribution >= 4 is 5.78 Å². The van der Waals surface area contributed by atoms with Crippen molar-refractivity contribution in [2.75, 3.05) is 13.2 Å². The lowest BCUT2D eigenvalue weighted by Crippen LogP contribution is -2.16. The van der Waals surface area contributed by atoms with Gasteiger partial charge in [-0.1, -0.05) is 6.08 Å². The molecule has 18 heavy (non-hydrogen) atoms. The molecular formula is C15H16O3. The van der Waals surface area contributed by atoms with E-state index < -0.39 is 0 Å². The maximum Gasteiger partial charge on any atom is 0.188 e. The van der Waals surface area contributed by atoms with Crippen molar-refractivity contribution in [3.05, 3.63) is 35.4 Å². The number of carbonyl (C=O) groups excluding carboxylic acids is 1. The molecule has 1 aliphatic heterocycles. The van der Waals surface area contributed by atoms with Crippen molar-refractivity contribution < 1.29 is 14.3 Å². The first-order valence-corrected chi connectivity index (χ1v) is 6.48. The van der Waals surface area contributed by atoms with Crippen LogP contribution in [0.3, 0.4) is 0 Å². The molecule has 1 aromatic rings. The molecule has 1 aromatic carbocycles. The average molecular weight is 244 g/mol. The molecule has 0 N–H and O–H groups in total. The van der Waals surface area contributed by atoms with E-state index >= 15 is 0 Å². The van der Waals surface area contributed by atoms with E-state index in [0.717, 1.165) is 30.6 Å². The minimum atomic E-state index is 0.131. The standard InChI is InChI=1S/C15H16O3/c16-15(11-4-2-1-3-5-11)12-6-7-13-14(10-12)18-9-8-17-13/h4,6-7,10H,1-3,5,8-9H2. The summed E-state index contributed by atoms with van der Waals surface area (Å²) in [4.78, 5) is 12.3. The Labute approximate surface area is 106 Å². The summed E-state index contributed by atoms with van der Waals surface area (Å²) in [6.07, 6.45) is 6.29. The summed E-state index contributed by atoms with van der Waals surface area (Å²) in [7, 11) is 0. The normalized spacial score (nSPS) is 18.1. The zero-order valence-electron chi connectivity index (χ0n) is 10.3. The molecule has 0 bridgehead atoms. The summed E-state index contributed by atoms with van der Waals surface area (Å²) in [6.45, 7) is 1.12. The number of hydrogen-bond donors (Lipinski definition) is 0. The Morgan fingerprint density at radius 2 is 1.89 bits per heavy atom. The first-order valence-electron chi connectivity index (χ1n) is 6.48. The van der Waals surface area contributed by atoms with Gasteiger partial charge in [-0.15, -0.1) is 0 Å². The van der Waals surface area contributed by atoms with Gasteiger partial charge in [-0.05, 0) is 49.5 Å². The van der Waals surface area contributed by atoms with Crippen LogP contribution in [0.5, 0.6) is 11.5 Å². The van der Waals surface area contributed by atoms with E-state index in [9.17, 15) is 4.79 Å². The van der Waals surface area contributed by atoms with Crippen molar-refractivity contribution in [2.45, 2.75) is 25.7 Å². The average Bonchev–Trinajstić information content (AvgIpc) is 2.47. The van der Waals surface area contributed by atoms with Gasteiger partial charge in [-0.25, -0.2) is 0 Å². The first kappa shape index (κ1) is 11.3. The quantitative estimate of drug-likeness (QED) is 0.750. The van der Waals surface area contributed by atoms with Gasteiger partial charge >= 0.3 is 0 Å². The van der Waals surface area contributed by atoms with E-state index in [4.69, 9.17) is 9.47 Å². The Morgan fingerprint density at radius 3 is 2.67 bits per heavy atom. The maximum absolute atomic E-state index is 12.3. The number of allylic oxidation sites excluding steroid dienone is 2. The van der Waals surface area contributed by atoms with Crippen LogP contribution in [0.2, 0.25) is 0 Å². The topological polar surface area (TPSA) is 35.5 Å². The number of Topliss-reactive ketones (excluding diaryl/α,β-unsaturated/α-hetero) is 1. The summed E-state index contributed by atoms with van der Waals surface area (Å²) in [6, 6.07) is 5.45. The Morgan fingerprint density at radius 1 is 1.06 bits per heavy atom. The zero-order valence-corrected chi connectivity index (χ0v) is 10.3. The highest BCUT2D eigenvalue weighted by Crippen LogP contribution is 2.32. The number of rotatable bonds is 2. The van der Waals surface area contributed by atoms with Crippen LogP contribution in [0, 0.1) is 0 Å². The zero-order chi connectivity index (χ0) is 12.4. The molecule has 0 atom stereocenters. The minimum Gasteiger partial charge on any atom is -0.486 e. The Kier molecular flexibility index (Phi) is 3.05. The lowest BCUT2D eigenvalue weighted by Gasteiger charge is -2.19. The molecule has 94 valence electrons. The van der Waals surface area contributed by atoms with E-state index in [1.165, 1.54) is 6.42 Å². The van der Waals surface area contributed by atoms with Gasteiger partial charge in [0.25, 0.3) is 0 Å². The number of carbonyl (C=O) groups is 1. The largest absolute Gasteiger partial charge is 0.486 e. The summed E-state index contributed by atoms with van der Waals surface area (Å²) >= 11 is 0. The third kappa shape index (κ3) is 2.13. The van der Waals surface area contributed by atoms with Gasteiger partial charge in [0.05, 0.1) is 0 Å². The van der Waals surface area contributed by atoms with Crippen molar-refractivity contribution in [2.24, 2.45) is 0 Å². The second kappa shape index (κ2) is 4.84. The molecule has 0 saturated carbocycles. The van der Waals surface area contributed by atoms with E-state index in [2.05, 4.69) is 6.08 Å². The van der Waals surface area contributed by atoms with Crippen molar-refractivity contribution in [1.29, 1.82) is 0 Å². The van der Waals surface area contributed by atoms with Gasteiger partial charge in [0.1, 0.15) is 13.2 Å². The molecule has 0 spiro atoms. The molecule has 0 fully saturated rings. The van der Waals surface area contributed by atoms with Crippen LogP contribution in [0.4, 0.5) is 0 Å². The van der Waals surface area contributed by atoms with E-state index in [1.54, 1.807) is 6.07 Å². The van der Waals surface area contributed by atoms with Crippen molar-refractivity contribution in [1.82, 2.24) is 0 Å².